The number of likely N-dealkylation sites (N-methyl/N-ethyl adjacent to an activating group) is 1. The van der Waals surface area contributed by atoms with Crippen LogP contribution >= 0.6 is 0 Å². The Morgan fingerprint density at radius 1 is 1.27 bits per heavy atom. The van der Waals surface area contributed by atoms with Crippen molar-refractivity contribution in [1.29, 1.82) is 0 Å². The minimum atomic E-state index is -0.0894. The lowest BCUT2D eigenvalue weighted by Gasteiger charge is -2.63. The van der Waals surface area contributed by atoms with Crippen molar-refractivity contribution in [2.45, 2.75) is 18.1 Å². The molecule has 0 amide bonds. The van der Waals surface area contributed by atoms with E-state index in [1.807, 2.05) is 12.1 Å². The largest absolute Gasteiger partial charge is 0.378 e. The second-order valence-electron chi connectivity index (χ2n) is 7.08. The fourth-order valence-corrected chi connectivity index (χ4v) is 4.50. The number of halogens is 1. The maximum absolute atomic E-state index is 13.8. The van der Waals surface area contributed by atoms with Crippen LogP contribution in [0.4, 0.5) is 4.39 Å². The summed E-state index contributed by atoms with van der Waals surface area (Å²) in [6, 6.07) is 7.64. The first-order valence-electron chi connectivity index (χ1n) is 8.15. The van der Waals surface area contributed by atoms with Gasteiger partial charge in [0, 0.05) is 50.9 Å². The molecule has 1 aromatic rings. The van der Waals surface area contributed by atoms with Gasteiger partial charge < -0.3 is 9.64 Å². The number of hydrogen-bond acceptors (Lipinski definition) is 4. The molecule has 3 heterocycles. The lowest BCUT2D eigenvalue weighted by Crippen LogP contribution is -2.80. The molecular weight excluding hydrogens is 281 g/mol. The summed E-state index contributed by atoms with van der Waals surface area (Å²) < 4.78 is 19.5. The molecule has 4 nitrogen and oxygen atoms in total. The molecule has 0 bridgehead atoms. The van der Waals surface area contributed by atoms with Gasteiger partial charge in [0.1, 0.15) is 5.82 Å². The predicted molar refractivity (Wildman–Crippen MR) is 83.2 cm³/mol. The molecule has 0 saturated carbocycles. The molecular formula is C17H24FN3O. The zero-order valence-corrected chi connectivity index (χ0v) is 13.2. The van der Waals surface area contributed by atoms with Gasteiger partial charge in [-0.2, -0.15) is 0 Å². The van der Waals surface area contributed by atoms with Crippen LogP contribution in [0.3, 0.4) is 0 Å². The molecule has 0 radical (unpaired) electrons. The standard InChI is InChI=1S/C17H24FN3O/c1-19-9-15-10-22-7-6-21(15)17(11-19)12-20(13-17)8-14-4-2-3-5-16(14)18/h2-5,15H,6-13H2,1H3. The van der Waals surface area contributed by atoms with Crippen molar-refractivity contribution in [3.8, 4) is 0 Å². The zero-order chi connectivity index (χ0) is 15.2. The third-order valence-corrected chi connectivity index (χ3v) is 5.31. The molecule has 3 saturated heterocycles. The minimum absolute atomic E-state index is 0.0894. The second kappa shape index (κ2) is 5.57. The predicted octanol–water partition coefficient (Wildman–Crippen LogP) is 1.03. The van der Waals surface area contributed by atoms with E-state index in [2.05, 4.69) is 21.7 Å². The molecule has 1 unspecified atom stereocenters. The third-order valence-electron chi connectivity index (χ3n) is 5.31. The van der Waals surface area contributed by atoms with E-state index in [1.165, 1.54) is 0 Å². The maximum atomic E-state index is 13.8. The van der Waals surface area contributed by atoms with Gasteiger partial charge in [0.15, 0.2) is 0 Å². The number of nitrogens with zero attached hydrogens (tertiary/aromatic N) is 3. The topological polar surface area (TPSA) is 19.0 Å². The van der Waals surface area contributed by atoms with E-state index < -0.39 is 0 Å². The van der Waals surface area contributed by atoms with Gasteiger partial charge in [0.25, 0.3) is 0 Å². The van der Waals surface area contributed by atoms with Gasteiger partial charge in [-0.15, -0.1) is 0 Å². The van der Waals surface area contributed by atoms with E-state index in [0.717, 1.165) is 51.5 Å². The van der Waals surface area contributed by atoms with Crippen LogP contribution in [0.1, 0.15) is 5.56 Å². The molecule has 1 spiro atoms. The molecule has 1 atom stereocenters. The highest BCUT2D eigenvalue weighted by Crippen LogP contribution is 2.36. The van der Waals surface area contributed by atoms with Crippen LogP contribution in [0.2, 0.25) is 0 Å². The van der Waals surface area contributed by atoms with Gasteiger partial charge >= 0.3 is 0 Å². The summed E-state index contributed by atoms with van der Waals surface area (Å²) in [7, 11) is 2.20. The first kappa shape index (κ1) is 14.6. The SMILES string of the molecule is CN1CC2COCCN2C2(C1)CN(Cc1ccccc1F)C2. The van der Waals surface area contributed by atoms with Crippen LogP contribution in [-0.2, 0) is 11.3 Å². The number of piperazine rings is 1. The molecule has 3 aliphatic rings. The molecule has 120 valence electrons. The smallest absolute Gasteiger partial charge is 0.127 e. The number of fused-ring (bicyclic) bond motifs is 2. The van der Waals surface area contributed by atoms with Crippen LogP contribution in [0, 0.1) is 5.82 Å². The number of rotatable bonds is 2. The van der Waals surface area contributed by atoms with Gasteiger partial charge in [0.2, 0.25) is 0 Å². The van der Waals surface area contributed by atoms with E-state index in [9.17, 15) is 4.39 Å². The van der Waals surface area contributed by atoms with Gasteiger partial charge in [0.05, 0.1) is 18.8 Å². The molecule has 3 fully saturated rings. The van der Waals surface area contributed by atoms with Crippen LogP contribution < -0.4 is 0 Å². The Kier molecular flexibility index (Phi) is 3.69. The van der Waals surface area contributed by atoms with Crippen molar-refractivity contribution in [3.05, 3.63) is 35.6 Å². The summed E-state index contributed by atoms with van der Waals surface area (Å²) in [5.74, 6) is -0.0894. The number of hydrogen-bond donors (Lipinski definition) is 0. The third kappa shape index (κ3) is 2.46. The number of morpholine rings is 1. The van der Waals surface area contributed by atoms with E-state index in [0.29, 0.717) is 12.6 Å². The fourth-order valence-electron chi connectivity index (χ4n) is 4.50. The Morgan fingerprint density at radius 3 is 2.91 bits per heavy atom. The van der Waals surface area contributed by atoms with E-state index in [1.54, 1.807) is 12.1 Å². The zero-order valence-electron chi connectivity index (χ0n) is 13.2. The number of likely N-dealkylation sites (tertiary alicyclic amines) is 1. The fraction of sp³-hybridized carbons (Fsp3) is 0.647. The highest BCUT2D eigenvalue weighted by atomic mass is 19.1. The van der Waals surface area contributed by atoms with Crippen LogP contribution in [-0.4, -0.2) is 79.3 Å². The summed E-state index contributed by atoms with van der Waals surface area (Å²) in [6.07, 6.45) is 0. The number of benzene rings is 1. The first-order valence-corrected chi connectivity index (χ1v) is 8.15. The maximum Gasteiger partial charge on any atom is 0.127 e. The molecule has 0 aromatic heterocycles. The molecule has 4 rings (SSSR count). The molecule has 5 heteroatoms. The number of ether oxygens (including phenoxy) is 1. The molecule has 3 aliphatic heterocycles. The van der Waals surface area contributed by atoms with Gasteiger partial charge in [-0.05, 0) is 13.1 Å². The molecule has 0 N–H and O–H groups in total. The van der Waals surface area contributed by atoms with Crippen molar-refractivity contribution in [1.82, 2.24) is 14.7 Å². The lowest BCUT2D eigenvalue weighted by molar-refractivity contribution is -0.163. The summed E-state index contributed by atoms with van der Waals surface area (Å²) in [6.45, 7) is 7.70. The van der Waals surface area contributed by atoms with Crippen molar-refractivity contribution in [3.63, 3.8) is 0 Å². The Labute approximate surface area is 131 Å². The molecule has 22 heavy (non-hydrogen) atoms. The average molecular weight is 305 g/mol. The van der Waals surface area contributed by atoms with Gasteiger partial charge in [-0.25, -0.2) is 4.39 Å². The second-order valence-corrected chi connectivity index (χ2v) is 7.08. The van der Waals surface area contributed by atoms with Crippen molar-refractivity contribution < 1.29 is 9.13 Å². The molecule has 0 aliphatic carbocycles. The Bertz CT molecular complexity index is 546. The van der Waals surface area contributed by atoms with Crippen LogP contribution in [0.5, 0.6) is 0 Å². The van der Waals surface area contributed by atoms with E-state index in [4.69, 9.17) is 4.74 Å². The van der Waals surface area contributed by atoms with Crippen LogP contribution in [0.25, 0.3) is 0 Å². The first-order chi connectivity index (χ1) is 10.7. The highest BCUT2D eigenvalue weighted by Gasteiger charge is 2.53. The quantitative estimate of drug-likeness (QED) is 0.812. The Balaban J connectivity index is 1.45. The van der Waals surface area contributed by atoms with Crippen molar-refractivity contribution in [2.24, 2.45) is 0 Å². The van der Waals surface area contributed by atoms with Gasteiger partial charge in [-0.1, -0.05) is 18.2 Å². The average Bonchev–Trinajstić information content (AvgIpc) is 2.47. The summed E-state index contributed by atoms with van der Waals surface area (Å²) >= 11 is 0. The summed E-state index contributed by atoms with van der Waals surface area (Å²) in [5.41, 5.74) is 1.05. The minimum Gasteiger partial charge on any atom is -0.378 e. The van der Waals surface area contributed by atoms with E-state index >= 15 is 0 Å². The normalized spacial score (nSPS) is 29.3. The van der Waals surface area contributed by atoms with Crippen LogP contribution in [0.15, 0.2) is 24.3 Å². The Morgan fingerprint density at radius 2 is 2.09 bits per heavy atom. The van der Waals surface area contributed by atoms with E-state index in [-0.39, 0.29) is 11.4 Å². The van der Waals surface area contributed by atoms with Crippen molar-refractivity contribution in [2.75, 3.05) is 53.0 Å². The Hall–Kier alpha value is -1.01. The van der Waals surface area contributed by atoms with Crippen molar-refractivity contribution >= 4 is 0 Å². The summed E-state index contributed by atoms with van der Waals surface area (Å²) in [5, 5.41) is 0. The highest BCUT2D eigenvalue weighted by molar-refractivity contribution is 5.19. The lowest BCUT2D eigenvalue weighted by atomic mass is 9.82. The summed E-state index contributed by atoms with van der Waals surface area (Å²) in [4.78, 5) is 7.45. The molecule has 1 aromatic carbocycles. The monoisotopic (exact) mass is 305 g/mol. The van der Waals surface area contributed by atoms with Gasteiger partial charge in [-0.3, -0.25) is 9.80 Å².